The highest BCUT2D eigenvalue weighted by atomic mass is 16.3. The summed E-state index contributed by atoms with van der Waals surface area (Å²) in [6.45, 7) is 4.07. The van der Waals surface area contributed by atoms with Gasteiger partial charge in [-0.25, -0.2) is 0 Å². The number of nitrogens with zero attached hydrogens (tertiary/aromatic N) is 3. The van der Waals surface area contributed by atoms with E-state index >= 15 is 0 Å². The van der Waals surface area contributed by atoms with E-state index in [0.717, 1.165) is 43.3 Å². The van der Waals surface area contributed by atoms with Crippen LogP contribution in [0.25, 0.3) is 0 Å². The van der Waals surface area contributed by atoms with Crippen LogP contribution in [0.2, 0.25) is 0 Å². The molecule has 3 fully saturated rings. The highest BCUT2D eigenvalue weighted by molar-refractivity contribution is 5.91. The van der Waals surface area contributed by atoms with Crippen LogP contribution in [0.3, 0.4) is 0 Å². The summed E-state index contributed by atoms with van der Waals surface area (Å²) in [5.41, 5.74) is 0. The number of nitrogens with one attached hydrogen (secondary N) is 1. The molecule has 1 N–H and O–H groups in total. The Morgan fingerprint density at radius 3 is 2.36 bits per heavy atom. The van der Waals surface area contributed by atoms with Crippen molar-refractivity contribution >= 4 is 11.9 Å². The van der Waals surface area contributed by atoms with E-state index in [9.17, 15) is 4.79 Å². The molecule has 0 spiro atoms. The number of furan rings is 1. The van der Waals surface area contributed by atoms with Crippen molar-refractivity contribution in [2.75, 3.05) is 39.8 Å². The molecule has 0 unspecified atom stereocenters. The predicted octanol–water partition coefficient (Wildman–Crippen LogP) is 2.05. The average Bonchev–Trinajstić information content (AvgIpc) is 3.59. The molecule has 2 saturated carbocycles. The molecule has 6 nitrogen and oxygen atoms in total. The number of guanidine groups is 1. The van der Waals surface area contributed by atoms with Gasteiger partial charge in [-0.15, -0.1) is 0 Å². The first-order valence-electron chi connectivity index (χ1n) is 9.54. The molecule has 1 amide bonds. The van der Waals surface area contributed by atoms with Gasteiger partial charge in [0.1, 0.15) is 0 Å². The Balaban J connectivity index is 1.27. The summed E-state index contributed by atoms with van der Waals surface area (Å²) in [4.78, 5) is 21.0. The molecule has 1 aromatic rings. The molecule has 0 atom stereocenters. The van der Waals surface area contributed by atoms with Gasteiger partial charge >= 0.3 is 0 Å². The van der Waals surface area contributed by atoms with Gasteiger partial charge in [-0.1, -0.05) is 0 Å². The molecule has 1 aliphatic heterocycles. The van der Waals surface area contributed by atoms with Crippen LogP contribution in [0.15, 0.2) is 27.8 Å². The second-order valence-electron chi connectivity index (χ2n) is 7.52. The number of amides is 1. The molecule has 25 heavy (non-hydrogen) atoms. The Morgan fingerprint density at radius 1 is 1.20 bits per heavy atom. The Kier molecular flexibility index (Phi) is 4.68. The first-order chi connectivity index (χ1) is 12.3. The lowest BCUT2D eigenvalue weighted by atomic mass is 9.98. The van der Waals surface area contributed by atoms with Crippen molar-refractivity contribution in [2.45, 2.75) is 25.7 Å². The lowest BCUT2D eigenvalue weighted by Crippen LogP contribution is -2.54. The summed E-state index contributed by atoms with van der Waals surface area (Å²) in [7, 11) is 1.85. The second kappa shape index (κ2) is 7.10. The Labute approximate surface area is 149 Å². The number of aliphatic imine (C=N–C) groups is 1. The lowest BCUT2D eigenvalue weighted by molar-refractivity contribution is 0.0657. The van der Waals surface area contributed by atoms with Crippen LogP contribution in [0.5, 0.6) is 0 Å². The van der Waals surface area contributed by atoms with E-state index in [1.807, 2.05) is 11.9 Å². The fourth-order valence-electron chi connectivity index (χ4n) is 3.99. The van der Waals surface area contributed by atoms with Crippen molar-refractivity contribution in [3.63, 3.8) is 0 Å². The molecule has 1 saturated heterocycles. The van der Waals surface area contributed by atoms with Crippen LogP contribution in [0, 0.1) is 17.8 Å². The van der Waals surface area contributed by atoms with Gasteiger partial charge in [0, 0.05) is 39.8 Å². The molecule has 2 heterocycles. The minimum absolute atomic E-state index is 0.0184. The highest BCUT2D eigenvalue weighted by Crippen LogP contribution is 2.48. The second-order valence-corrected chi connectivity index (χ2v) is 7.52. The zero-order valence-corrected chi connectivity index (χ0v) is 15.0. The van der Waals surface area contributed by atoms with E-state index < -0.39 is 0 Å². The molecular formula is C19H28N4O2. The van der Waals surface area contributed by atoms with Crippen molar-refractivity contribution in [1.82, 2.24) is 15.1 Å². The SMILES string of the molecule is CN=C(NCC(C1CC1)C1CC1)N1CCN(C(=O)c2ccco2)CC1. The van der Waals surface area contributed by atoms with Crippen LogP contribution in [-0.4, -0.2) is 61.4 Å². The standard InChI is InChI=1S/C19H28N4O2/c1-20-19(21-13-16(14-4-5-14)15-6-7-15)23-10-8-22(9-11-23)18(24)17-3-2-12-25-17/h2-3,12,14-16H,4-11,13H2,1H3,(H,20,21). The topological polar surface area (TPSA) is 61.1 Å². The maximum absolute atomic E-state index is 12.4. The minimum Gasteiger partial charge on any atom is -0.459 e. The average molecular weight is 344 g/mol. The molecule has 6 heteroatoms. The summed E-state index contributed by atoms with van der Waals surface area (Å²) in [5, 5.41) is 3.61. The van der Waals surface area contributed by atoms with E-state index in [1.165, 1.54) is 25.7 Å². The molecule has 1 aromatic heterocycles. The lowest BCUT2D eigenvalue weighted by Gasteiger charge is -2.36. The van der Waals surface area contributed by atoms with Gasteiger partial charge in [0.25, 0.3) is 5.91 Å². The first kappa shape index (κ1) is 16.5. The zero-order chi connectivity index (χ0) is 17.2. The Hall–Kier alpha value is -1.98. The van der Waals surface area contributed by atoms with E-state index in [2.05, 4.69) is 15.2 Å². The predicted molar refractivity (Wildman–Crippen MR) is 96.5 cm³/mol. The Morgan fingerprint density at radius 2 is 1.84 bits per heavy atom. The maximum atomic E-state index is 12.4. The fourth-order valence-corrected chi connectivity index (χ4v) is 3.99. The third kappa shape index (κ3) is 3.83. The van der Waals surface area contributed by atoms with E-state index in [1.54, 1.807) is 18.4 Å². The monoisotopic (exact) mass is 344 g/mol. The molecule has 4 rings (SSSR count). The van der Waals surface area contributed by atoms with Gasteiger partial charge < -0.3 is 19.5 Å². The van der Waals surface area contributed by atoms with Crippen molar-refractivity contribution < 1.29 is 9.21 Å². The van der Waals surface area contributed by atoms with E-state index in [4.69, 9.17) is 4.42 Å². The normalized spacial score (nSPS) is 21.8. The summed E-state index contributed by atoms with van der Waals surface area (Å²) in [5.74, 6) is 4.11. The molecular weight excluding hydrogens is 316 g/mol. The number of carbonyl (C=O) groups excluding carboxylic acids is 1. The molecule has 2 aliphatic carbocycles. The van der Waals surface area contributed by atoms with Crippen LogP contribution in [0.1, 0.15) is 36.2 Å². The molecule has 0 bridgehead atoms. The van der Waals surface area contributed by atoms with Gasteiger partial charge in [-0.2, -0.15) is 0 Å². The van der Waals surface area contributed by atoms with Gasteiger partial charge in [0.2, 0.25) is 0 Å². The maximum Gasteiger partial charge on any atom is 0.289 e. The van der Waals surface area contributed by atoms with Crippen LogP contribution < -0.4 is 5.32 Å². The third-order valence-corrected chi connectivity index (χ3v) is 5.76. The van der Waals surface area contributed by atoms with Gasteiger partial charge in [-0.05, 0) is 55.6 Å². The highest BCUT2D eigenvalue weighted by Gasteiger charge is 2.41. The summed E-state index contributed by atoms with van der Waals surface area (Å²) in [6, 6.07) is 3.48. The number of hydrogen-bond donors (Lipinski definition) is 1. The molecule has 0 radical (unpaired) electrons. The quantitative estimate of drug-likeness (QED) is 0.656. The van der Waals surface area contributed by atoms with Gasteiger partial charge in [0.15, 0.2) is 11.7 Å². The Bertz CT molecular complexity index is 599. The summed E-state index contributed by atoms with van der Waals surface area (Å²) >= 11 is 0. The van der Waals surface area contributed by atoms with Gasteiger partial charge in [0.05, 0.1) is 6.26 Å². The molecule has 136 valence electrons. The van der Waals surface area contributed by atoms with E-state index in [-0.39, 0.29) is 5.91 Å². The summed E-state index contributed by atoms with van der Waals surface area (Å²) in [6.07, 6.45) is 7.19. The van der Waals surface area contributed by atoms with Gasteiger partial charge in [-0.3, -0.25) is 9.79 Å². The number of hydrogen-bond acceptors (Lipinski definition) is 3. The fraction of sp³-hybridized carbons (Fsp3) is 0.684. The minimum atomic E-state index is -0.0184. The number of piperazine rings is 1. The van der Waals surface area contributed by atoms with Crippen molar-refractivity contribution in [2.24, 2.45) is 22.7 Å². The molecule has 0 aromatic carbocycles. The largest absolute Gasteiger partial charge is 0.459 e. The third-order valence-electron chi connectivity index (χ3n) is 5.76. The van der Waals surface area contributed by atoms with Crippen LogP contribution in [0.4, 0.5) is 0 Å². The van der Waals surface area contributed by atoms with Crippen molar-refractivity contribution in [3.8, 4) is 0 Å². The molecule has 3 aliphatic rings. The van der Waals surface area contributed by atoms with E-state index in [0.29, 0.717) is 18.8 Å². The van der Waals surface area contributed by atoms with Crippen LogP contribution >= 0.6 is 0 Å². The van der Waals surface area contributed by atoms with Crippen molar-refractivity contribution in [1.29, 1.82) is 0 Å². The smallest absolute Gasteiger partial charge is 0.289 e. The number of rotatable bonds is 5. The number of carbonyl (C=O) groups is 1. The van der Waals surface area contributed by atoms with Crippen molar-refractivity contribution in [3.05, 3.63) is 24.2 Å². The zero-order valence-electron chi connectivity index (χ0n) is 15.0. The summed E-state index contributed by atoms with van der Waals surface area (Å²) < 4.78 is 5.22. The van der Waals surface area contributed by atoms with Crippen LogP contribution in [-0.2, 0) is 0 Å². The first-order valence-corrected chi connectivity index (χ1v) is 9.54.